The molecule has 1 aromatic carbocycles. The van der Waals surface area contributed by atoms with Crippen LogP contribution in [0.15, 0.2) is 30.3 Å². The summed E-state index contributed by atoms with van der Waals surface area (Å²) in [6.45, 7) is 3.54. The summed E-state index contributed by atoms with van der Waals surface area (Å²) in [4.78, 5) is 1.98. The topological polar surface area (TPSA) is 73.2 Å². The van der Waals surface area contributed by atoms with E-state index in [4.69, 9.17) is 4.74 Å². The van der Waals surface area contributed by atoms with Crippen molar-refractivity contribution in [3.63, 3.8) is 0 Å². The van der Waals surface area contributed by atoms with E-state index in [1.165, 1.54) is 0 Å². The maximum absolute atomic E-state index is 10.5. The zero-order valence-corrected chi connectivity index (χ0v) is 13.8. The molecule has 1 aromatic rings. The van der Waals surface area contributed by atoms with Gasteiger partial charge in [0.1, 0.15) is 12.2 Å². The van der Waals surface area contributed by atoms with Crippen molar-refractivity contribution in [2.45, 2.75) is 57.1 Å². The zero-order chi connectivity index (χ0) is 16.7. The van der Waals surface area contributed by atoms with Crippen molar-refractivity contribution in [2.24, 2.45) is 0 Å². The van der Waals surface area contributed by atoms with Crippen molar-refractivity contribution < 1.29 is 20.1 Å². The second-order valence-electron chi connectivity index (χ2n) is 6.27. The molecular weight excluding hydrogens is 294 g/mol. The average Bonchev–Trinajstić information content (AvgIpc) is 2.56. The van der Waals surface area contributed by atoms with Crippen LogP contribution in [0.2, 0.25) is 0 Å². The lowest BCUT2D eigenvalue weighted by molar-refractivity contribution is -0.172. The Morgan fingerprint density at radius 2 is 1.91 bits per heavy atom. The van der Waals surface area contributed by atoms with Gasteiger partial charge in [-0.2, -0.15) is 0 Å². The highest BCUT2D eigenvalue weighted by Gasteiger charge is 2.42. The van der Waals surface area contributed by atoms with Gasteiger partial charge in [-0.1, -0.05) is 50.1 Å². The largest absolute Gasteiger partial charge is 0.395 e. The smallest absolute Gasteiger partial charge is 0.112 e. The minimum atomic E-state index is -0.894. The molecule has 0 unspecified atom stereocenters. The van der Waals surface area contributed by atoms with Gasteiger partial charge in [0.05, 0.1) is 25.4 Å². The maximum Gasteiger partial charge on any atom is 0.112 e. The van der Waals surface area contributed by atoms with Crippen LogP contribution in [0.1, 0.15) is 31.7 Å². The molecule has 23 heavy (non-hydrogen) atoms. The molecule has 0 saturated carbocycles. The molecule has 1 aliphatic rings. The molecule has 0 spiro atoms. The number of hydrogen-bond donors (Lipinski definition) is 3. The predicted molar refractivity (Wildman–Crippen MR) is 89.0 cm³/mol. The Labute approximate surface area is 138 Å². The van der Waals surface area contributed by atoms with E-state index < -0.39 is 18.3 Å². The quantitative estimate of drug-likeness (QED) is 0.626. The van der Waals surface area contributed by atoms with Gasteiger partial charge in [-0.05, 0) is 18.5 Å². The number of unbranched alkanes of at least 4 members (excludes halogenated alkanes) is 2. The fraction of sp³-hybridized carbons (Fsp3) is 0.667. The molecule has 1 heterocycles. The zero-order valence-electron chi connectivity index (χ0n) is 13.8. The van der Waals surface area contributed by atoms with E-state index >= 15 is 0 Å². The van der Waals surface area contributed by atoms with Crippen molar-refractivity contribution >= 4 is 0 Å². The Morgan fingerprint density at radius 3 is 2.57 bits per heavy atom. The molecule has 1 fully saturated rings. The Morgan fingerprint density at radius 1 is 1.17 bits per heavy atom. The van der Waals surface area contributed by atoms with E-state index in [0.717, 1.165) is 31.4 Å². The minimum Gasteiger partial charge on any atom is -0.395 e. The molecule has 5 heteroatoms. The Bertz CT molecular complexity index is 442. The number of aliphatic hydroxyl groups is 3. The van der Waals surface area contributed by atoms with Gasteiger partial charge in [-0.15, -0.1) is 0 Å². The molecule has 130 valence electrons. The summed E-state index contributed by atoms with van der Waals surface area (Å²) in [5.74, 6) is 0. The van der Waals surface area contributed by atoms with Gasteiger partial charge in [0, 0.05) is 6.54 Å². The first-order chi connectivity index (χ1) is 11.2. The lowest BCUT2D eigenvalue weighted by atomic mass is 9.93. The van der Waals surface area contributed by atoms with E-state index in [1.54, 1.807) is 0 Å². The highest BCUT2D eigenvalue weighted by molar-refractivity contribution is 5.13. The van der Waals surface area contributed by atoms with Crippen LogP contribution < -0.4 is 0 Å². The molecule has 1 saturated heterocycles. The number of piperidine rings is 1. The molecule has 4 atom stereocenters. The standard InChI is InChI=1S/C18H29NO4/c1-2-3-7-10-19-11-16(21)18(17(22)15(19)12-20)23-13-14-8-5-4-6-9-14/h4-6,8-9,15-18,20-22H,2-3,7,10-13H2,1H3/t15-,16+,17-,18-/m1/s1. The lowest BCUT2D eigenvalue weighted by Gasteiger charge is -2.44. The minimum absolute atomic E-state index is 0.134. The summed E-state index contributed by atoms with van der Waals surface area (Å²) >= 11 is 0. The number of rotatable bonds is 8. The van der Waals surface area contributed by atoms with Gasteiger partial charge < -0.3 is 20.1 Å². The van der Waals surface area contributed by atoms with E-state index in [0.29, 0.717) is 13.2 Å². The van der Waals surface area contributed by atoms with Gasteiger partial charge in [-0.25, -0.2) is 0 Å². The maximum atomic E-state index is 10.5. The van der Waals surface area contributed by atoms with Crippen LogP contribution in [0.25, 0.3) is 0 Å². The summed E-state index contributed by atoms with van der Waals surface area (Å²) < 4.78 is 5.76. The fourth-order valence-corrected chi connectivity index (χ4v) is 3.16. The number of ether oxygens (including phenoxy) is 1. The van der Waals surface area contributed by atoms with Gasteiger partial charge >= 0.3 is 0 Å². The monoisotopic (exact) mass is 323 g/mol. The molecule has 0 amide bonds. The third kappa shape index (κ3) is 4.99. The van der Waals surface area contributed by atoms with Crippen molar-refractivity contribution in [3.8, 4) is 0 Å². The van der Waals surface area contributed by atoms with Crippen LogP contribution in [-0.2, 0) is 11.3 Å². The van der Waals surface area contributed by atoms with Crippen LogP contribution >= 0.6 is 0 Å². The van der Waals surface area contributed by atoms with Crippen LogP contribution in [0.3, 0.4) is 0 Å². The van der Waals surface area contributed by atoms with Gasteiger partial charge in [0.15, 0.2) is 0 Å². The molecule has 5 nitrogen and oxygen atoms in total. The van der Waals surface area contributed by atoms with Crippen molar-refractivity contribution in [1.82, 2.24) is 4.90 Å². The second-order valence-corrected chi connectivity index (χ2v) is 6.27. The summed E-state index contributed by atoms with van der Waals surface area (Å²) in [5, 5.41) is 30.5. The van der Waals surface area contributed by atoms with Crippen LogP contribution in [-0.4, -0.2) is 64.3 Å². The summed E-state index contributed by atoms with van der Waals surface area (Å²) in [7, 11) is 0. The van der Waals surface area contributed by atoms with Gasteiger partial charge in [0.2, 0.25) is 0 Å². The summed E-state index contributed by atoms with van der Waals surface area (Å²) in [6, 6.07) is 9.31. The van der Waals surface area contributed by atoms with Crippen LogP contribution in [0.5, 0.6) is 0 Å². The van der Waals surface area contributed by atoms with Gasteiger partial charge in [-0.3, -0.25) is 4.90 Å². The van der Waals surface area contributed by atoms with Crippen molar-refractivity contribution in [3.05, 3.63) is 35.9 Å². The van der Waals surface area contributed by atoms with Crippen LogP contribution in [0.4, 0.5) is 0 Å². The summed E-state index contributed by atoms with van der Waals surface area (Å²) in [5.41, 5.74) is 0.998. The Balaban J connectivity index is 1.93. The highest BCUT2D eigenvalue weighted by Crippen LogP contribution is 2.23. The fourth-order valence-electron chi connectivity index (χ4n) is 3.16. The van der Waals surface area contributed by atoms with Crippen molar-refractivity contribution in [2.75, 3.05) is 19.7 Å². The molecule has 0 radical (unpaired) electrons. The Hall–Kier alpha value is -0.980. The number of nitrogens with zero attached hydrogens (tertiary/aromatic N) is 1. The number of β-amino-alcohol motifs (C(OH)–C–C–N with tert-alkyl or cyclic N) is 1. The first-order valence-corrected chi connectivity index (χ1v) is 8.54. The number of benzene rings is 1. The normalized spacial score (nSPS) is 28.9. The molecule has 0 aromatic heterocycles. The average molecular weight is 323 g/mol. The van der Waals surface area contributed by atoms with E-state index in [9.17, 15) is 15.3 Å². The second kappa shape index (κ2) is 9.35. The number of aliphatic hydroxyl groups excluding tert-OH is 3. The Kier molecular flexibility index (Phi) is 7.46. The third-order valence-corrected chi connectivity index (χ3v) is 4.52. The summed E-state index contributed by atoms with van der Waals surface area (Å²) in [6.07, 6.45) is 0.907. The predicted octanol–water partition coefficient (Wildman–Crippen LogP) is 1.16. The first kappa shape index (κ1) is 18.4. The molecule has 0 bridgehead atoms. The molecule has 0 aliphatic carbocycles. The van der Waals surface area contributed by atoms with E-state index in [1.807, 2.05) is 35.2 Å². The van der Waals surface area contributed by atoms with Gasteiger partial charge in [0.25, 0.3) is 0 Å². The first-order valence-electron chi connectivity index (χ1n) is 8.54. The van der Waals surface area contributed by atoms with Crippen molar-refractivity contribution in [1.29, 1.82) is 0 Å². The molecule has 2 rings (SSSR count). The van der Waals surface area contributed by atoms with Crippen LogP contribution in [0, 0.1) is 0 Å². The molecular formula is C18H29NO4. The highest BCUT2D eigenvalue weighted by atomic mass is 16.5. The number of likely N-dealkylation sites (tertiary alicyclic amines) is 1. The SMILES string of the molecule is CCCCCN1C[C@H](O)[C@@H](OCc2ccccc2)[C@H](O)[C@H]1CO. The van der Waals surface area contributed by atoms with E-state index in [-0.39, 0.29) is 12.6 Å². The third-order valence-electron chi connectivity index (χ3n) is 4.52. The number of hydrogen-bond acceptors (Lipinski definition) is 5. The molecule has 1 aliphatic heterocycles. The van der Waals surface area contributed by atoms with E-state index in [2.05, 4.69) is 6.92 Å². The lowest BCUT2D eigenvalue weighted by Crippen LogP contribution is -2.63. The molecule has 3 N–H and O–H groups in total.